The molecule has 2 heterocycles. The maximum atomic E-state index is 14.6. The first-order valence-corrected chi connectivity index (χ1v) is 11.8. The highest BCUT2D eigenvalue weighted by Crippen LogP contribution is 2.36. The summed E-state index contributed by atoms with van der Waals surface area (Å²) in [6.07, 6.45) is 3.88. The monoisotopic (exact) mass is 452 g/mol. The Bertz CT molecular complexity index is 1060. The van der Waals surface area contributed by atoms with Gasteiger partial charge in [0.2, 0.25) is 15.9 Å². The number of carbonyl (C=O) groups is 1. The number of ether oxygens (including phenoxy) is 1. The highest BCUT2D eigenvalue weighted by molar-refractivity contribution is 7.89. The molecule has 9 nitrogen and oxygen atoms in total. The van der Waals surface area contributed by atoms with E-state index in [-0.39, 0.29) is 23.5 Å². The van der Waals surface area contributed by atoms with Crippen LogP contribution in [0.3, 0.4) is 0 Å². The number of hydrogen-bond acceptors (Lipinski definition) is 7. The van der Waals surface area contributed by atoms with Crippen LogP contribution >= 0.6 is 0 Å². The van der Waals surface area contributed by atoms with Gasteiger partial charge in [-0.2, -0.15) is 9.29 Å². The van der Waals surface area contributed by atoms with Crippen LogP contribution in [-0.2, 0) is 20.3 Å². The number of rotatable bonds is 5. The number of carbonyl (C=O) groups excluding carboxylic acids is 1. The van der Waals surface area contributed by atoms with Gasteiger partial charge >= 0.3 is 0 Å². The van der Waals surface area contributed by atoms with Crippen molar-refractivity contribution in [2.75, 3.05) is 26.3 Å². The molecule has 31 heavy (non-hydrogen) atoms. The molecule has 0 radical (unpaired) electrons. The number of sulfonamides is 1. The molecule has 1 aromatic carbocycles. The molecule has 1 amide bonds. The fourth-order valence-electron chi connectivity index (χ4n) is 4.11. The number of benzene rings is 1. The number of nitrogens with zero attached hydrogens (tertiary/aromatic N) is 3. The third-order valence-electron chi connectivity index (χ3n) is 5.81. The van der Waals surface area contributed by atoms with E-state index in [1.807, 2.05) is 0 Å². The fraction of sp³-hybridized carbons (Fsp3) is 0.550. The lowest BCUT2D eigenvalue weighted by atomic mass is 9.80. The van der Waals surface area contributed by atoms with E-state index in [0.29, 0.717) is 37.8 Å². The summed E-state index contributed by atoms with van der Waals surface area (Å²) < 4.78 is 52.0. The second kappa shape index (κ2) is 8.64. The van der Waals surface area contributed by atoms with E-state index >= 15 is 0 Å². The molecule has 11 heteroatoms. The van der Waals surface area contributed by atoms with E-state index < -0.39 is 27.3 Å². The summed E-state index contributed by atoms with van der Waals surface area (Å²) in [5, 5.41) is 6.87. The molecule has 2 aromatic rings. The minimum Gasteiger partial charge on any atom is -0.379 e. The predicted molar refractivity (Wildman–Crippen MR) is 107 cm³/mol. The summed E-state index contributed by atoms with van der Waals surface area (Å²) in [6.45, 7) is 2.67. The SMILES string of the molecule is Cc1nc(C2(NC(=O)c3cc(S(=O)(=O)N4CCOCC4)ccc3F)CCCCC2)no1. The van der Waals surface area contributed by atoms with Crippen molar-refractivity contribution in [3.8, 4) is 0 Å². The largest absolute Gasteiger partial charge is 0.379 e. The summed E-state index contributed by atoms with van der Waals surface area (Å²) in [4.78, 5) is 17.3. The summed E-state index contributed by atoms with van der Waals surface area (Å²) >= 11 is 0. The first-order valence-electron chi connectivity index (χ1n) is 10.3. The lowest BCUT2D eigenvalue weighted by Gasteiger charge is -2.35. The summed E-state index contributed by atoms with van der Waals surface area (Å²) in [6, 6.07) is 3.28. The van der Waals surface area contributed by atoms with E-state index in [9.17, 15) is 17.6 Å². The van der Waals surface area contributed by atoms with Crippen LogP contribution in [0.4, 0.5) is 4.39 Å². The van der Waals surface area contributed by atoms with Crippen molar-refractivity contribution in [3.63, 3.8) is 0 Å². The van der Waals surface area contributed by atoms with Crippen molar-refractivity contribution in [1.82, 2.24) is 19.8 Å². The molecule has 0 bridgehead atoms. The Labute approximate surface area is 180 Å². The van der Waals surface area contributed by atoms with Crippen LogP contribution in [0, 0.1) is 12.7 Å². The van der Waals surface area contributed by atoms with Crippen molar-refractivity contribution < 1.29 is 26.9 Å². The maximum Gasteiger partial charge on any atom is 0.255 e. The van der Waals surface area contributed by atoms with Crippen molar-refractivity contribution in [2.45, 2.75) is 49.5 Å². The average Bonchev–Trinajstić information content (AvgIpc) is 3.22. The van der Waals surface area contributed by atoms with Gasteiger partial charge in [0.1, 0.15) is 11.4 Å². The molecule has 0 spiro atoms. The second-order valence-electron chi connectivity index (χ2n) is 7.89. The van der Waals surface area contributed by atoms with Crippen LogP contribution in [0.15, 0.2) is 27.6 Å². The molecule has 1 N–H and O–H groups in total. The number of amides is 1. The van der Waals surface area contributed by atoms with Crippen molar-refractivity contribution >= 4 is 15.9 Å². The quantitative estimate of drug-likeness (QED) is 0.739. The van der Waals surface area contributed by atoms with Gasteiger partial charge in [0.25, 0.3) is 5.91 Å². The lowest BCUT2D eigenvalue weighted by Crippen LogP contribution is -2.48. The molecule has 0 atom stereocenters. The fourth-order valence-corrected chi connectivity index (χ4v) is 5.55. The first-order chi connectivity index (χ1) is 14.8. The van der Waals surface area contributed by atoms with Gasteiger partial charge in [0.15, 0.2) is 5.82 Å². The first kappa shape index (κ1) is 21.8. The molecule has 4 rings (SSSR count). The van der Waals surface area contributed by atoms with E-state index in [2.05, 4.69) is 15.5 Å². The van der Waals surface area contributed by atoms with Crippen LogP contribution in [0.5, 0.6) is 0 Å². The van der Waals surface area contributed by atoms with E-state index in [1.54, 1.807) is 6.92 Å². The Morgan fingerprint density at radius 2 is 1.90 bits per heavy atom. The molecule has 0 unspecified atom stereocenters. The average molecular weight is 453 g/mol. The molecule has 1 saturated carbocycles. The zero-order chi connectivity index (χ0) is 22.1. The van der Waals surface area contributed by atoms with Crippen molar-refractivity contribution in [1.29, 1.82) is 0 Å². The third kappa shape index (κ3) is 4.35. The van der Waals surface area contributed by atoms with Gasteiger partial charge in [0.05, 0.1) is 23.7 Å². The van der Waals surface area contributed by atoms with Crippen LogP contribution in [0.2, 0.25) is 0 Å². The van der Waals surface area contributed by atoms with Crippen molar-refractivity contribution in [2.24, 2.45) is 0 Å². The van der Waals surface area contributed by atoms with Crippen molar-refractivity contribution in [3.05, 3.63) is 41.3 Å². The van der Waals surface area contributed by atoms with E-state index in [0.717, 1.165) is 31.4 Å². The Morgan fingerprint density at radius 1 is 1.19 bits per heavy atom. The Kier molecular flexibility index (Phi) is 6.09. The molecule has 1 saturated heterocycles. The number of hydrogen-bond donors (Lipinski definition) is 1. The van der Waals surface area contributed by atoms with Gasteiger partial charge in [-0.25, -0.2) is 12.8 Å². The molecule has 2 aliphatic rings. The topological polar surface area (TPSA) is 115 Å². The molecule has 1 aliphatic carbocycles. The number of morpholine rings is 1. The standard InChI is InChI=1S/C20H25FN4O5S/c1-14-22-19(24-30-14)20(7-3-2-4-8-20)23-18(26)16-13-15(5-6-17(16)21)31(27,28)25-9-11-29-12-10-25/h5-6,13H,2-4,7-12H2,1H3,(H,23,26). The Balaban J connectivity index is 1.64. The summed E-state index contributed by atoms with van der Waals surface area (Å²) in [5.74, 6) is -0.774. The summed E-state index contributed by atoms with van der Waals surface area (Å²) in [7, 11) is -3.86. The minimum absolute atomic E-state index is 0.131. The van der Waals surface area contributed by atoms with Crippen LogP contribution < -0.4 is 5.32 Å². The highest BCUT2D eigenvalue weighted by Gasteiger charge is 2.40. The maximum absolute atomic E-state index is 14.6. The van der Waals surface area contributed by atoms with Gasteiger partial charge in [-0.15, -0.1) is 0 Å². The zero-order valence-corrected chi connectivity index (χ0v) is 18.1. The number of nitrogens with one attached hydrogen (secondary N) is 1. The normalized spacial score (nSPS) is 19.8. The van der Waals surface area contributed by atoms with Gasteiger partial charge in [-0.1, -0.05) is 24.4 Å². The van der Waals surface area contributed by atoms with Crippen LogP contribution in [0.1, 0.15) is 54.2 Å². The van der Waals surface area contributed by atoms with Crippen LogP contribution in [-0.4, -0.2) is 55.1 Å². The Morgan fingerprint density at radius 3 is 2.55 bits per heavy atom. The van der Waals surface area contributed by atoms with E-state index in [4.69, 9.17) is 9.26 Å². The number of halogens is 1. The van der Waals surface area contributed by atoms with Gasteiger partial charge < -0.3 is 14.6 Å². The zero-order valence-electron chi connectivity index (χ0n) is 17.3. The van der Waals surface area contributed by atoms with E-state index in [1.165, 1.54) is 10.4 Å². The minimum atomic E-state index is -3.86. The highest BCUT2D eigenvalue weighted by atomic mass is 32.2. The van der Waals surface area contributed by atoms with Gasteiger partial charge in [-0.3, -0.25) is 4.79 Å². The molecular formula is C20H25FN4O5S. The smallest absolute Gasteiger partial charge is 0.255 e. The predicted octanol–water partition coefficient (Wildman–Crippen LogP) is 2.13. The number of aromatic nitrogens is 2. The molecule has 168 valence electrons. The van der Waals surface area contributed by atoms with Crippen LogP contribution in [0.25, 0.3) is 0 Å². The number of aryl methyl sites for hydroxylation is 1. The van der Waals surface area contributed by atoms with Gasteiger partial charge in [-0.05, 0) is 31.0 Å². The Hall–Kier alpha value is -2.37. The molecular weight excluding hydrogens is 427 g/mol. The molecule has 1 aliphatic heterocycles. The third-order valence-corrected chi connectivity index (χ3v) is 7.70. The van der Waals surface area contributed by atoms with Gasteiger partial charge in [0, 0.05) is 20.0 Å². The molecule has 2 fully saturated rings. The molecule has 1 aromatic heterocycles. The lowest BCUT2D eigenvalue weighted by molar-refractivity contribution is 0.0730. The second-order valence-corrected chi connectivity index (χ2v) is 9.83. The summed E-state index contributed by atoms with van der Waals surface area (Å²) in [5.41, 5.74) is -1.21.